The van der Waals surface area contributed by atoms with Gasteiger partial charge in [0.05, 0.1) is 23.4 Å². The Morgan fingerprint density at radius 1 is 1.21 bits per heavy atom. The Balaban J connectivity index is 1.94. The Kier molecular flexibility index (Phi) is 6.83. The van der Waals surface area contributed by atoms with Crippen LogP contribution in [0.3, 0.4) is 0 Å². The van der Waals surface area contributed by atoms with Crippen molar-refractivity contribution in [2.75, 3.05) is 50.1 Å². The second-order valence-electron chi connectivity index (χ2n) is 8.64. The number of pyridine rings is 2. The van der Waals surface area contributed by atoms with Crippen LogP contribution in [-0.4, -0.2) is 66.7 Å². The molecule has 0 atom stereocenters. The fraction of sp³-hybridized carbons (Fsp3) is 0.480. The van der Waals surface area contributed by atoms with Crippen LogP contribution < -0.4 is 15.1 Å². The SMILES string of the molecule is CCOC(=O)c1cc2c(-c3ccnc(N(C)C)c3)ncn2c(N(CC)C2CCNCC2)c1C. The first-order valence-electron chi connectivity index (χ1n) is 11.7. The highest BCUT2D eigenvalue weighted by Gasteiger charge is 2.27. The second-order valence-corrected chi connectivity index (χ2v) is 8.64. The monoisotopic (exact) mass is 450 g/mol. The number of carbonyl (C=O) groups excluding carboxylic acids is 1. The Hall–Kier alpha value is -3.13. The van der Waals surface area contributed by atoms with E-state index in [0.717, 1.165) is 66.4 Å². The smallest absolute Gasteiger partial charge is 0.338 e. The van der Waals surface area contributed by atoms with E-state index in [1.54, 1.807) is 6.20 Å². The summed E-state index contributed by atoms with van der Waals surface area (Å²) in [6.45, 7) is 9.22. The fourth-order valence-electron chi connectivity index (χ4n) is 4.72. The van der Waals surface area contributed by atoms with E-state index in [1.807, 2.05) is 57.4 Å². The third kappa shape index (κ3) is 4.39. The largest absolute Gasteiger partial charge is 0.462 e. The highest BCUT2D eigenvalue weighted by molar-refractivity contribution is 5.96. The van der Waals surface area contributed by atoms with Crippen molar-refractivity contribution in [3.63, 3.8) is 0 Å². The number of nitrogens with zero attached hydrogens (tertiary/aromatic N) is 5. The van der Waals surface area contributed by atoms with E-state index < -0.39 is 0 Å². The van der Waals surface area contributed by atoms with Crippen LogP contribution in [-0.2, 0) is 4.74 Å². The van der Waals surface area contributed by atoms with Gasteiger partial charge in [0.15, 0.2) is 0 Å². The van der Waals surface area contributed by atoms with Gasteiger partial charge < -0.3 is 19.9 Å². The molecule has 0 spiro atoms. The number of rotatable bonds is 7. The molecule has 1 aliphatic heterocycles. The van der Waals surface area contributed by atoms with E-state index in [4.69, 9.17) is 9.72 Å². The molecule has 0 radical (unpaired) electrons. The van der Waals surface area contributed by atoms with Crippen molar-refractivity contribution in [1.82, 2.24) is 19.7 Å². The van der Waals surface area contributed by atoms with Gasteiger partial charge >= 0.3 is 5.97 Å². The van der Waals surface area contributed by atoms with Gasteiger partial charge in [0.2, 0.25) is 0 Å². The number of imidazole rings is 1. The maximum absolute atomic E-state index is 13.0. The number of anilines is 2. The molecule has 1 N–H and O–H groups in total. The zero-order valence-electron chi connectivity index (χ0n) is 20.3. The van der Waals surface area contributed by atoms with Gasteiger partial charge in [-0.2, -0.15) is 0 Å². The maximum atomic E-state index is 13.0. The van der Waals surface area contributed by atoms with Crippen molar-refractivity contribution >= 4 is 23.1 Å². The Bertz CT molecular complexity index is 1130. The lowest BCUT2D eigenvalue weighted by atomic mass is 10.0. The Morgan fingerprint density at radius 3 is 2.64 bits per heavy atom. The summed E-state index contributed by atoms with van der Waals surface area (Å²) in [6.07, 6.45) is 5.80. The van der Waals surface area contributed by atoms with Crippen molar-refractivity contribution in [1.29, 1.82) is 0 Å². The van der Waals surface area contributed by atoms with E-state index >= 15 is 0 Å². The van der Waals surface area contributed by atoms with Gasteiger partial charge in [0, 0.05) is 44.0 Å². The predicted octanol–water partition coefficient (Wildman–Crippen LogP) is 3.53. The number of nitrogens with one attached hydrogen (secondary N) is 1. The molecule has 1 fully saturated rings. The number of fused-ring (bicyclic) bond motifs is 1. The van der Waals surface area contributed by atoms with Crippen LogP contribution in [0.25, 0.3) is 16.8 Å². The van der Waals surface area contributed by atoms with Crippen molar-refractivity contribution in [3.05, 3.63) is 41.9 Å². The molecule has 3 aromatic heterocycles. The number of ether oxygens (including phenoxy) is 1. The summed E-state index contributed by atoms with van der Waals surface area (Å²) >= 11 is 0. The summed E-state index contributed by atoms with van der Waals surface area (Å²) in [4.78, 5) is 26.6. The molecule has 0 aromatic carbocycles. The molecule has 0 saturated carbocycles. The summed E-state index contributed by atoms with van der Waals surface area (Å²) in [5, 5.41) is 3.45. The van der Waals surface area contributed by atoms with E-state index in [1.165, 1.54) is 0 Å². The zero-order chi connectivity index (χ0) is 23.5. The summed E-state index contributed by atoms with van der Waals surface area (Å²) < 4.78 is 7.56. The zero-order valence-corrected chi connectivity index (χ0v) is 20.3. The van der Waals surface area contributed by atoms with Gasteiger partial charge in [0.1, 0.15) is 18.0 Å². The quantitative estimate of drug-likeness (QED) is 0.552. The minimum Gasteiger partial charge on any atom is -0.462 e. The minimum atomic E-state index is -0.295. The number of piperidine rings is 1. The lowest BCUT2D eigenvalue weighted by Crippen LogP contribution is -2.44. The molecule has 4 heterocycles. The average Bonchev–Trinajstić information content (AvgIpc) is 3.25. The molecule has 176 valence electrons. The number of esters is 1. The Labute approximate surface area is 195 Å². The van der Waals surface area contributed by atoms with Gasteiger partial charge in [-0.15, -0.1) is 0 Å². The number of hydrogen-bond acceptors (Lipinski definition) is 7. The highest BCUT2D eigenvalue weighted by atomic mass is 16.5. The van der Waals surface area contributed by atoms with Crippen molar-refractivity contribution in [3.8, 4) is 11.3 Å². The predicted molar refractivity (Wildman–Crippen MR) is 132 cm³/mol. The number of aromatic nitrogens is 3. The van der Waals surface area contributed by atoms with Crippen LogP contribution in [0.4, 0.5) is 11.6 Å². The third-order valence-electron chi connectivity index (χ3n) is 6.39. The molecule has 1 aliphatic rings. The molecule has 0 unspecified atom stereocenters. The van der Waals surface area contributed by atoms with Crippen LogP contribution in [0.5, 0.6) is 0 Å². The van der Waals surface area contributed by atoms with Crippen LogP contribution in [0.2, 0.25) is 0 Å². The molecule has 8 heteroatoms. The fourth-order valence-corrected chi connectivity index (χ4v) is 4.72. The number of hydrogen-bond donors (Lipinski definition) is 1. The normalized spacial score (nSPS) is 14.5. The van der Waals surface area contributed by atoms with Gasteiger partial charge in [-0.3, -0.25) is 4.40 Å². The van der Waals surface area contributed by atoms with E-state index in [-0.39, 0.29) is 5.97 Å². The average molecular weight is 451 g/mol. The molecular formula is C25H34N6O2. The Morgan fingerprint density at radius 2 is 1.97 bits per heavy atom. The third-order valence-corrected chi connectivity index (χ3v) is 6.39. The van der Waals surface area contributed by atoms with Gasteiger partial charge in [-0.05, 0) is 64.9 Å². The summed E-state index contributed by atoms with van der Waals surface area (Å²) in [7, 11) is 3.94. The topological polar surface area (TPSA) is 75.0 Å². The molecule has 4 rings (SSSR count). The van der Waals surface area contributed by atoms with Crippen LogP contribution in [0.15, 0.2) is 30.7 Å². The summed E-state index contributed by atoms with van der Waals surface area (Å²) in [6, 6.07) is 6.31. The molecule has 3 aromatic rings. The standard InChI is InChI=1S/C25H34N6O2/c1-6-30(19-9-11-26-12-10-19)24-17(3)20(25(32)33-7-2)15-21-23(28-16-31(21)24)18-8-13-27-22(14-18)29(4)5/h8,13-16,19,26H,6-7,9-12H2,1-5H3. The molecule has 8 nitrogen and oxygen atoms in total. The molecule has 1 saturated heterocycles. The summed E-state index contributed by atoms with van der Waals surface area (Å²) in [5.74, 6) is 1.58. The van der Waals surface area contributed by atoms with Gasteiger partial charge in [0.25, 0.3) is 0 Å². The minimum absolute atomic E-state index is 0.295. The van der Waals surface area contributed by atoms with Crippen LogP contribution in [0, 0.1) is 6.92 Å². The van der Waals surface area contributed by atoms with Crippen molar-refractivity contribution in [2.45, 2.75) is 39.7 Å². The first-order valence-corrected chi connectivity index (χ1v) is 11.7. The summed E-state index contributed by atoms with van der Waals surface area (Å²) in [5.41, 5.74) is 4.20. The molecule has 33 heavy (non-hydrogen) atoms. The lowest BCUT2D eigenvalue weighted by molar-refractivity contribution is 0.0525. The molecular weight excluding hydrogens is 416 g/mol. The van der Waals surface area contributed by atoms with E-state index in [0.29, 0.717) is 18.2 Å². The first-order chi connectivity index (χ1) is 16.0. The lowest BCUT2D eigenvalue weighted by Gasteiger charge is -2.37. The molecule has 0 bridgehead atoms. The van der Waals surface area contributed by atoms with Crippen LogP contribution >= 0.6 is 0 Å². The first kappa shape index (κ1) is 23.0. The molecule has 0 aliphatic carbocycles. The van der Waals surface area contributed by atoms with Gasteiger partial charge in [-0.25, -0.2) is 14.8 Å². The van der Waals surface area contributed by atoms with E-state index in [2.05, 4.69) is 26.5 Å². The van der Waals surface area contributed by atoms with Crippen molar-refractivity contribution < 1.29 is 9.53 Å². The maximum Gasteiger partial charge on any atom is 0.338 e. The number of carbonyl (C=O) groups is 1. The highest BCUT2D eigenvalue weighted by Crippen LogP contribution is 2.34. The van der Waals surface area contributed by atoms with Crippen LogP contribution in [0.1, 0.15) is 42.6 Å². The molecule has 0 amide bonds. The van der Waals surface area contributed by atoms with E-state index in [9.17, 15) is 4.79 Å². The van der Waals surface area contributed by atoms with Gasteiger partial charge in [-0.1, -0.05) is 0 Å². The van der Waals surface area contributed by atoms with Crippen molar-refractivity contribution in [2.24, 2.45) is 0 Å². The second kappa shape index (κ2) is 9.79.